The minimum atomic E-state index is -0.937. The van der Waals surface area contributed by atoms with Crippen LogP contribution in [0, 0.1) is 0 Å². The van der Waals surface area contributed by atoms with Crippen LogP contribution in [0.25, 0.3) is 0 Å². The summed E-state index contributed by atoms with van der Waals surface area (Å²) in [6, 6.07) is 0. The van der Waals surface area contributed by atoms with E-state index < -0.39 is 5.97 Å². The van der Waals surface area contributed by atoms with Gasteiger partial charge in [0.25, 0.3) is 0 Å². The van der Waals surface area contributed by atoms with Gasteiger partial charge in [-0.05, 0) is 0 Å². The third-order valence-electron chi connectivity index (χ3n) is 2.39. The predicted molar refractivity (Wildman–Crippen MR) is 53.4 cm³/mol. The fourth-order valence-electron chi connectivity index (χ4n) is 1.57. The molecule has 0 bridgehead atoms. The number of aliphatic carboxylic acids is 1. The van der Waals surface area contributed by atoms with Crippen LogP contribution in [0.5, 0.6) is 0 Å². The van der Waals surface area contributed by atoms with E-state index in [1.165, 1.54) is 7.11 Å². The highest BCUT2D eigenvalue weighted by molar-refractivity contribution is 5.67. The maximum atomic E-state index is 10.7. The van der Waals surface area contributed by atoms with Gasteiger partial charge in [0.1, 0.15) is 19.6 Å². The van der Waals surface area contributed by atoms with Gasteiger partial charge in [-0.25, -0.2) is 4.79 Å². The lowest BCUT2D eigenvalue weighted by atomic mass is 10.3. The number of ether oxygens (including phenoxy) is 1. The zero-order valence-corrected chi connectivity index (χ0v) is 9.06. The summed E-state index contributed by atoms with van der Waals surface area (Å²) < 4.78 is 5.05. The fourth-order valence-corrected chi connectivity index (χ4v) is 1.57. The average Bonchev–Trinajstić information content (AvgIpc) is 2.14. The largest absolute Gasteiger partial charge is 0.477 e. The summed E-state index contributed by atoms with van der Waals surface area (Å²) in [6.45, 7) is 1.21. The van der Waals surface area contributed by atoms with Crippen molar-refractivity contribution in [2.45, 2.75) is 0 Å². The molecule has 0 aliphatic rings. The standard InChI is InChI=1S/C9H19NO5/c1-15-7-4-10(2-5-11,3-6-12)8-9(13)14/h11-12H,2-8H2,1H3/p+1. The summed E-state index contributed by atoms with van der Waals surface area (Å²) in [5.41, 5.74) is 0. The molecule has 0 rings (SSSR count). The second kappa shape index (κ2) is 7.58. The quantitative estimate of drug-likeness (QED) is 0.414. The number of aliphatic hydroxyl groups is 2. The number of nitrogens with zero attached hydrogens (tertiary/aromatic N) is 1. The highest BCUT2D eigenvalue weighted by atomic mass is 16.5. The van der Waals surface area contributed by atoms with Crippen molar-refractivity contribution >= 4 is 5.97 Å². The third kappa shape index (κ3) is 5.68. The number of carbonyl (C=O) groups is 1. The number of methoxy groups -OCH3 is 1. The molecule has 0 radical (unpaired) electrons. The molecule has 6 heteroatoms. The number of hydrogen-bond acceptors (Lipinski definition) is 4. The van der Waals surface area contributed by atoms with E-state index in [2.05, 4.69) is 0 Å². The van der Waals surface area contributed by atoms with Crippen molar-refractivity contribution in [1.82, 2.24) is 0 Å². The molecule has 3 N–H and O–H groups in total. The first kappa shape index (κ1) is 14.3. The zero-order valence-electron chi connectivity index (χ0n) is 9.06. The minimum Gasteiger partial charge on any atom is -0.477 e. The molecule has 6 nitrogen and oxygen atoms in total. The normalized spacial score (nSPS) is 11.7. The SMILES string of the molecule is COCC[N+](CCO)(CCO)CC(=O)O. The Labute approximate surface area is 89.3 Å². The highest BCUT2D eigenvalue weighted by Crippen LogP contribution is 2.05. The molecule has 0 aliphatic carbocycles. The van der Waals surface area contributed by atoms with E-state index in [1.54, 1.807) is 0 Å². The smallest absolute Gasteiger partial charge is 0.359 e. The van der Waals surface area contributed by atoms with Crippen molar-refractivity contribution in [2.24, 2.45) is 0 Å². The predicted octanol–water partition coefficient (Wildman–Crippen LogP) is -1.48. The molecule has 15 heavy (non-hydrogen) atoms. The van der Waals surface area contributed by atoms with Crippen molar-refractivity contribution in [3.05, 3.63) is 0 Å². The van der Waals surface area contributed by atoms with Gasteiger partial charge in [0.2, 0.25) is 0 Å². The van der Waals surface area contributed by atoms with Gasteiger partial charge in [-0.1, -0.05) is 0 Å². The van der Waals surface area contributed by atoms with Crippen molar-refractivity contribution in [1.29, 1.82) is 0 Å². The molecule has 0 aromatic rings. The number of hydrogen-bond donors (Lipinski definition) is 3. The van der Waals surface area contributed by atoms with Crippen molar-refractivity contribution in [2.75, 3.05) is 53.1 Å². The van der Waals surface area contributed by atoms with E-state index in [1.807, 2.05) is 0 Å². The molecule has 0 heterocycles. The number of quaternary nitrogens is 1. The van der Waals surface area contributed by atoms with Crippen LogP contribution in [0.3, 0.4) is 0 Å². The van der Waals surface area contributed by atoms with Gasteiger partial charge in [-0.3, -0.25) is 0 Å². The van der Waals surface area contributed by atoms with Gasteiger partial charge >= 0.3 is 5.97 Å². The minimum absolute atomic E-state index is 0.100. The Morgan fingerprint density at radius 1 is 1.20 bits per heavy atom. The Balaban J connectivity index is 4.47. The molecule has 0 saturated heterocycles. The summed E-state index contributed by atoms with van der Waals surface area (Å²) >= 11 is 0. The van der Waals surface area contributed by atoms with E-state index in [0.29, 0.717) is 26.2 Å². The second-order valence-corrected chi connectivity index (χ2v) is 3.50. The summed E-state index contributed by atoms with van der Waals surface area (Å²) in [5.74, 6) is -0.937. The van der Waals surface area contributed by atoms with Crippen LogP contribution >= 0.6 is 0 Å². The number of carboxylic acid groups (broad SMARTS) is 1. The lowest BCUT2D eigenvalue weighted by Gasteiger charge is -2.36. The Hall–Kier alpha value is -0.690. The average molecular weight is 222 g/mol. The Morgan fingerprint density at radius 3 is 2.07 bits per heavy atom. The molecular formula is C9H20NO5+. The lowest BCUT2D eigenvalue weighted by Crippen LogP contribution is -2.56. The summed E-state index contributed by atoms with van der Waals surface area (Å²) in [6.07, 6.45) is 0. The van der Waals surface area contributed by atoms with E-state index in [-0.39, 0.29) is 24.2 Å². The van der Waals surface area contributed by atoms with Gasteiger partial charge in [-0.2, -0.15) is 0 Å². The molecule has 0 atom stereocenters. The fraction of sp³-hybridized carbons (Fsp3) is 0.889. The number of aliphatic hydroxyl groups excluding tert-OH is 2. The van der Waals surface area contributed by atoms with Crippen molar-refractivity contribution in [3.8, 4) is 0 Å². The summed E-state index contributed by atoms with van der Waals surface area (Å²) in [4.78, 5) is 10.7. The molecule has 0 amide bonds. The first-order chi connectivity index (χ1) is 7.10. The molecule has 0 aromatic heterocycles. The van der Waals surface area contributed by atoms with E-state index >= 15 is 0 Å². The number of carboxylic acids is 1. The van der Waals surface area contributed by atoms with E-state index in [4.69, 9.17) is 20.1 Å². The van der Waals surface area contributed by atoms with Crippen LogP contribution in [0.2, 0.25) is 0 Å². The maximum Gasteiger partial charge on any atom is 0.359 e. The van der Waals surface area contributed by atoms with Crippen molar-refractivity contribution in [3.63, 3.8) is 0 Å². The first-order valence-electron chi connectivity index (χ1n) is 4.88. The van der Waals surface area contributed by atoms with Gasteiger partial charge in [0.05, 0.1) is 19.8 Å². The molecular weight excluding hydrogens is 202 g/mol. The van der Waals surface area contributed by atoms with Gasteiger partial charge in [-0.15, -0.1) is 0 Å². The molecule has 0 aliphatic heterocycles. The van der Waals surface area contributed by atoms with Crippen molar-refractivity contribution < 1.29 is 29.3 Å². The lowest BCUT2D eigenvalue weighted by molar-refractivity contribution is -0.922. The van der Waals surface area contributed by atoms with Crippen LogP contribution in [0.15, 0.2) is 0 Å². The van der Waals surface area contributed by atoms with Gasteiger partial charge in [0.15, 0.2) is 6.54 Å². The van der Waals surface area contributed by atoms with E-state index in [0.717, 1.165) is 0 Å². The number of rotatable bonds is 9. The topological polar surface area (TPSA) is 87.0 Å². The van der Waals surface area contributed by atoms with Crippen LogP contribution in [-0.2, 0) is 9.53 Å². The van der Waals surface area contributed by atoms with Gasteiger partial charge in [0, 0.05) is 7.11 Å². The van der Waals surface area contributed by atoms with Gasteiger partial charge < -0.3 is 24.5 Å². The maximum absolute atomic E-state index is 10.7. The van der Waals surface area contributed by atoms with Crippen LogP contribution in [0.4, 0.5) is 0 Å². The summed E-state index contributed by atoms with van der Waals surface area (Å²) in [7, 11) is 1.54. The van der Waals surface area contributed by atoms with E-state index in [9.17, 15) is 4.79 Å². The van der Waals surface area contributed by atoms with Crippen LogP contribution in [0.1, 0.15) is 0 Å². The molecule has 0 aromatic carbocycles. The molecule has 90 valence electrons. The Morgan fingerprint density at radius 2 is 1.73 bits per heavy atom. The van der Waals surface area contributed by atoms with Crippen LogP contribution < -0.4 is 0 Å². The second-order valence-electron chi connectivity index (χ2n) is 3.50. The Bertz CT molecular complexity index is 179. The molecule has 0 spiro atoms. The zero-order chi connectivity index (χ0) is 11.7. The third-order valence-corrected chi connectivity index (χ3v) is 2.39. The first-order valence-corrected chi connectivity index (χ1v) is 4.88. The Kier molecular flexibility index (Phi) is 7.23. The molecule has 0 unspecified atom stereocenters. The monoisotopic (exact) mass is 222 g/mol. The summed E-state index contributed by atoms with van der Waals surface area (Å²) in [5, 5.41) is 26.6. The molecule has 0 fully saturated rings. The highest BCUT2D eigenvalue weighted by Gasteiger charge is 2.29. The molecule has 0 saturated carbocycles. The van der Waals surface area contributed by atoms with Crippen LogP contribution in [-0.4, -0.2) is 78.9 Å².